The van der Waals surface area contributed by atoms with Gasteiger partial charge in [-0.25, -0.2) is 4.79 Å². The van der Waals surface area contributed by atoms with Gasteiger partial charge in [0.05, 0.1) is 13.5 Å². The molecule has 1 N–H and O–H groups in total. The molecule has 1 spiro atoms. The lowest BCUT2D eigenvalue weighted by molar-refractivity contribution is -0.115. The fourth-order valence-corrected chi connectivity index (χ4v) is 4.15. The quantitative estimate of drug-likeness (QED) is 0.657. The van der Waals surface area contributed by atoms with E-state index in [2.05, 4.69) is 5.32 Å². The molecule has 2 heterocycles. The molecule has 1 saturated carbocycles. The van der Waals surface area contributed by atoms with Crippen molar-refractivity contribution < 1.29 is 23.4 Å². The van der Waals surface area contributed by atoms with Crippen molar-refractivity contribution in [1.29, 1.82) is 0 Å². The summed E-state index contributed by atoms with van der Waals surface area (Å²) in [6, 6.07) is 11.9. The van der Waals surface area contributed by atoms with Crippen LogP contribution in [0.15, 0.2) is 51.7 Å². The van der Waals surface area contributed by atoms with Crippen LogP contribution in [0, 0.1) is 0 Å². The topological polar surface area (TPSA) is 87.0 Å². The van der Waals surface area contributed by atoms with Gasteiger partial charge in [0, 0.05) is 42.1 Å². The van der Waals surface area contributed by atoms with Crippen molar-refractivity contribution in [1.82, 2.24) is 0 Å². The molecule has 30 heavy (non-hydrogen) atoms. The van der Waals surface area contributed by atoms with E-state index < -0.39 is 11.4 Å². The molecule has 5 rings (SSSR count). The number of nitrogens with one attached hydrogen (secondary N) is 1. The molecular weight excluding hydrogens is 386 g/mol. The first-order valence-electron chi connectivity index (χ1n) is 9.96. The smallest absolute Gasteiger partial charge is 0.336 e. The summed E-state index contributed by atoms with van der Waals surface area (Å²) in [5.41, 5.74) is 1.08. The van der Waals surface area contributed by atoms with Crippen LogP contribution in [0.1, 0.15) is 31.2 Å². The van der Waals surface area contributed by atoms with E-state index in [9.17, 15) is 9.59 Å². The molecule has 0 bridgehead atoms. The zero-order chi connectivity index (χ0) is 20.7. The van der Waals surface area contributed by atoms with Crippen LogP contribution in [0.4, 0.5) is 5.69 Å². The van der Waals surface area contributed by atoms with Gasteiger partial charge < -0.3 is 23.9 Å². The van der Waals surface area contributed by atoms with Crippen LogP contribution in [0.5, 0.6) is 17.2 Å². The van der Waals surface area contributed by atoms with Crippen molar-refractivity contribution in [3.05, 3.63) is 58.4 Å². The number of benzene rings is 2. The van der Waals surface area contributed by atoms with Crippen LogP contribution < -0.4 is 25.2 Å². The van der Waals surface area contributed by atoms with Crippen LogP contribution in [0.2, 0.25) is 0 Å². The standard InChI is InChI=1S/C23H21NO6/c1-27-16-5-6-17-14(11-22(26)28-19(17)13-16)10-21(25)24-15-4-7-18-20(12-15)30-23(29-18)8-2-3-9-23/h4-7,11-13H,2-3,8-10H2,1H3,(H,24,25). The highest BCUT2D eigenvalue weighted by Crippen LogP contribution is 2.47. The van der Waals surface area contributed by atoms with Gasteiger partial charge in [0.2, 0.25) is 5.91 Å². The molecule has 0 saturated heterocycles. The average molecular weight is 407 g/mol. The molecule has 0 atom stereocenters. The van der Waals surface area contributed by atoms with Gasteiger partial charge in [-0.05, 0) is 42.7 Å². The summed E-state index contributed by atoms with van der Waals surface area (Å²) in [7, 11) is 1.54. The molecule has 0 radical (unpaired) electrons. The molecule has 7 nitrogen and oxygen atoms in total. The molecule has 1 fully saturated rings. The van der Waals surface area contributed by atoms with Crippen molar-refractivity contribution in [2.75, 3.05) is 12.4 Å². The van der Waals surface area contributed by atoms with E-state index in [0.29, 0.717) is 39.5 Å². The molecule has 154 valence electrons. The van der Waals surface area contributed by atoms with Crippen molar-refractivity contribution in [3.8, 4) is 17.2 Å². The van der Waals surface area contributed by atoms with E-state index in [-0.39, 0.29) is 12.3 Å². The van der Waals surface area contributed by atoms with E-state index in [4.69, 9.17) is 18.6 Å². The third kappa shape index (κ3) is 3.36. The highest BCUT2D eigenvalue weighted by atomic mass is 16.7. The number of carbonyl (C=O) groups is 1. The molecule has 2 aliphatic rings. The molecule has 7 heteroatoms. The van der Waals surface area contributed by atoms with E-state index in [0.717, 1.165) is 25.7 Å². The third-order valence-corrected chi connectivity index (χ3v) is 5.57. The molecule has 3 aromatic rings. The van der Waals surface area contributed by atoms with Gasteiger partial charge in [-0.2, -0.15) is 0 Å². The predicted molar refractivity (Wildman–Crippen MR) is 110 cm³/mol. The molecule has 1 aliphatic carbocycles. The average Bonchev–Trinajstić information content (AvgIpc) is 3.32. The number of carbonyl (C=O) groups excluding carboxylic acids is 1. The summed E-state index contributed by atoms with van der Waals surface area (Å²) < 4.78 is 22.5. The second-order valence-electron chi connectivity index (χ2n) is 7.66. The maximum Gasteiger partial charge on any atom is 0.336 e. The second-order valence-corrected chi connectivity index (χ2v) is 7.66. The van der Waals surface area contributed by atoms with Gasteiger partial charge in [0.1, 0.15) is 11.3 Å². The van der Waals surface area contributed by atoms with Crippen molar-refractivity contribution in [2.24, 2.45) is 0 Å². The minimum Gasteiger partial charge on any atom is -0.497 e. The number of hydrogen-bond acceptors (Lipinski definition) is 6. The Morgan fingerprint density at radius 1 is 1.07 bits per heavy atom. The molecule has 1 aromatic heterocycles. The van der Waals surface area contributed by atoms with Crippen LogP contribution >= 0.6 is 0 Å². The SMILES string of the molecule is COc1ccc2c(CC(=O)Nc3ccc4c(c3)OC3(CCCC3)O4)cc(=O)oc2c1. The first-order valence-corrected chi connectivity index (χ1v) is 9.96. The van der Waals surface area contributed by atoms with Crippen molar-refractivity contribution in [3.63, 3.8) is 0 Å². The fraction of sp³-hybridized carbons (Fsp3) is 0.304. The van der Waals surface area contributed by atoms with Crippen LogP contribution in [-0.4, -0.2) is 18.8 Å². The number of ether oxygens (including phenoxy) is 3. The summed E-state index contributed by atoms with van der Waals surface area (Å²) in [6.45, 7) is 0. The van der Waals surface area contributed by atoms with Gasteiger partial charge in [-0.1, -0.05) is 0 Å². The van der Waals surface area contributed by atoms with Crippen molar-refractivity contribution >= 4 is 22.6 Å². The molecule has 1 aliphatic heterocycles. The minimum atomic E-state index is -0.539. The van der Waals surface area contributed by atoms with Crippen LogP contribution in [-0.2, 0) is 11.2 Å². The number of methoxy groups -OCH3 is 1. The first kappa shape index (κ1) is 18.5. The largest absolute Gasteiger partial charge is 0.497 e. The van der Waals surface area contributed by atoms with E-state index in [1.165, 1.54) is 13.2 Å². The lowest BCUT2D eigenvalue weighted by atomic mass is 10.1. The lowest BCUT2D eigenvalue weighted by Crippen LogP contribution is -2.34. The Morgan fingerprint density at radius 2 is 1.87 bits per heavy atom. The Morgan fingerprint density at radius 3 is 2.67 bits per heavy atom. The van der Waals surface area contributed by atoms with Gasteiger partial charge in [0.15, 0.2) is 11.5 Å². The number of fused-ring (bicyclic) bond motifs is 2. The molecule has 1 amide bonds. The zero-order valence-corrected chi connectivity index (χ0v) is 16.5. The Balaban J connectivity index is 1.34. The monoisotopic (exact) mass is 407 g/mol. The third-order valence-electron chi connectivity index (χ3n) is 5.57. The second kappa shape index (κ2) is 7.09. The molecular formula is C23H21NO6. The number of rotatable bonds is 4. The van der Waals surface area contributed by atoms with E-state index >= 15 is 0 Å². The van der Waals surface area contributed by atoms with Gasteiger partial charge >= 0.3 is 5.63 Å². The van der Waals surface area contributed by atoms with E-state index in [1.54, 1.807) is 30.3 Å². The highest BCUT2D eigenvalue weighted by Gasteiger charge is 2.44. The first-order chi connectivity index (χ1) is 14.5. The zero-order valence-electron chi connectivity index (χ0n) is 16.5. The predicted octanol–water partition coefficient (Wildman–Crippen LogP) is 4.02. The summed E-state index contributed by atoms with van der Waals surface area (Å²) >= 11 is 0. The summed E-state index contributed by atoms with van der Waals surface area (Å²) in [5, 5.41) is 3.57. The van der Waals surface area contributed by atoms with Crippen LogP contribution in [0.25, 0.3) is 11.0 Å². The molecule has 0 unspecified atom stereocenters. The molecule has 2 aromatic carbocycles. The normalized spacial score (nSPS) is 16.2. The Bertz CT molecular complexity index is 1190. The highest BCUT2D eigenvalue weighted by molar-refractivity contribution is 5.95. The minimum absolute atomic E-state index is 0.0345. The maximum absolute atomic E-state index is 12.7. The Hall–Kier alpha value is -3.48. The Labute approximate surface area is 172 Å². The number of amides is 1. The van der Waals surface area contributed by atoms with E-state index in [1.807, 2.05) is 6.07 Å². The van der Waals surface area contributed by atoms with Gasteiger partial charge in [0.25, 0.3) is 5.79 Å². The van der Waals surface area contributed by atoms with Gasteiger partial charge in [-0.3, -0.25) is 4.79 Å². The number of hydrogen-bond donors (Lipinski definition) is 1. The number of anilines is 1. The van der Waals surface area contributed by atoms with Crippen molar-refractivity contribution in [2.45, 2.75) is 37.9 Å². The van der Waals surface area contributed by atoms with Gasteiger partial charge in [-0.15, -0.1) is 0 Å². The maximum atomic E-state index is 12.7. The summed E-state index contributed by atoms with van der Waals surface area (Å²) in [6.07, 6.45) is 3.95. The van der Waals surface area contributed by atoms with Crippen LogP contribution in [0.3, 0.4) is 0 Å². The fourth-order valence-electron chi connectivity index (χ4n) is 4.15. The summed E-state index contributed by atoms with van der Waals surface area (Å²) in [5.74, 6) is 1.14. The summed E-state index contributed by atoms with van der Waals surface area (Å²) in [4.78, 5) is 24.6. The Kier molecular flexibility index (Phi) is 4.38. The lowest BCUT2D eigenvalue weighted by Gasteiger charge is -2.21.